The summed E-state index contributed by atoms with van der Waals surface area (Å²) in [5, 5.41) is 7.86. The summed E-state index contributed by atoms with van der Waals surface area (Å²) in [5.74, 6) is 1.81. The Morgan fingerprint density at radius 2 is 1.77 bits per heavy atom. The SMILES string of the molecule is COc1ccccc1CNC1CCC2CCCC2NC1c1ccccc1. The molecule has 4 rings (SSSR count). The molecular formula is C23H30N2O. The second-order valence-electron chi connectivity index (χ2n) is 7.73. The zero-order valence-corrected chi connectivity index (χ0v) is 15.7. The van der Waals surface area contributed by atoms with Crippen LogP contribution < -0.4 is 15.4 Å². The molecule has 0 spiro atoms. The minimum Gasteiger partial charge on any atom is -0.496 e. The average molecular weight is 351 g/mol. The van der Waals surface area contributed by atoms with Gasteiger partial charge in [0.2, 0.25) is 0 Å². The van der Waals surface area contributed by atoms with Gasteiger partial charge in [0.1, 0.15) is 5.75 Å². The molecule has 0 amide bonds. The van der Waals surface area contributed by atoms with Crippen LogP contribution >= 0.6 is 0 Å². The number of hydrogen-bond donors (Lipinski definition) is 2. The van der Waals surface area contributed by atoms with Gasteiger partial charge in [-0.15, -0.1) is 0 Å². The molecule has 2 fully saturated rings. The predicted molar refractivity (Wildman–Crippen MR) is 106 cm³/mol. The van der Waals surface area contributed by atoms with Crippen molar-refractivity contribution >= 4 is 0 Å². The highest BCUT2D eigenvalue weighted by molar-refractivity contribution is 5.33. The predicted octanol–water partition coefficient (Wildman–Crippen LogP) is 4.45. The van der Waals surface area contributed by atoms with Crippen molar-refractivity contribution in [2.24, 2.45) is 5.92 Å². The standard InChI is InChI=1S/C23H30N2O/c1-26-22-13-6-5-10-19(22)16-24-21-15-14-17-11-7-12-20(17)25-23(21)18-8-3-2-4-9-18/h2-6,8-10,13,17,20-21,23-25H,7,11-12,14-16H2,1H3. The molecule has 3 heteroatoms. The maximum Gasteiger partial charge on any atom is 0.123 e. The summed E-state index contributed by atoms with van der Waals surface area (Å²) >= 11 is 0. The Labute approximate surface area is 157 Å². The van der Waals surface area contributed by atoms with Crippen LogP contribution in [0.2, 0.25) is 0 Å². The molecule has 138 valence electrons. The van der Waals surface area contributed by atoms with Crippen LogP contribution in [-0.2, 0) is 6.54 Å². The van der Waals surface area contributed by atoms with Crippen LogP contribution in [0.4, 0.5) is 0 Å². The van der Waals surface area contributed by atoms with Crippen molar-refractivity contribution in [1.29, 1.82) is 0 Å². The fourth-order valence-electron chi connectivity index (χ4n) is 4.81. The maximum atomic E-state index is 5.53. The van der Waals surface area contributed by atoms with E-state index in [-0.39, 0.29) is 0 Å². The first kappa shape index (κ1) is 17.6. The minimum atomic E-state index is 0.374. The van der Waals surface area contributed by atoms with E-state index in [1.54, 1.807) is 7.11 Å². The molecule has 1 heterocycles. The number of para-hydroxylation sites is 1. The first-order valence-corrected chi connectivity index (χ1v) is 10.0. The molecule has 0 aromatic heterocycles. The Bertz CT molecular complexity index is 702. The van der Waals surface area contributed by atoms with Crippen molar-refractivity contribution in [1.82, 2.24) is 10.6 Å². The Balaban J connectivity index is 1.53. The van der Waals surface area contributed by atoms with Gasteiger partial charge in [0, 0.05) is 30.2 Å². The van der Waals surface area contributed by atoms with Crippen LogP contribution in [0, 0.1) is 5.92 Å². The Morgan fingerprint density at radius 3 is 2.62 bits per heavy atom. The zero-order valence-electron chi connectivity index (χ0n) is 15.7. The maximum absolute atomic E-state index is 5.53. The molecule has 3 nitrogen and oxygen atoms in total. The summed E-state index contributed by atoms with van der Waals surface area (Å²) in [6.45, 7) is 0.842. The minimum absolute atomic E-state index is 0.374. The summed E-state index contributed by atoms with van der Waals surface area (Å²) in [6, 6.07) is 20.8. The second-order valence-corrected chi connectivity index (χ2v) is 7.73. The van der Waals surface area contributed by atoms with Gasteiger partial charge < -0.3 is 15.4 Å². The molecule has 1 aliphatic heterocycles. The van der Waals surface area contributed by atoms with Crippen molar-refractivity contribution in [2.75, 3.05) is 7.11 Å². The van der Waals surface area contributed by atoms with E-state index in [4.69, 9.17) is 4.74 Å². The van der Waals surface area contributed by atoms with Crippen LogP contribution in [0.15, 0.2) is 54.6 Å². The highest BCUT2D eigenvalue weighted by atomic mass is 16.5. The number of nitrogens with one attached hydrogen (secondary N) is 2. The fraction of sp³-hybridized carbons (Fsp3) is 0.478. The van der Waals surface area contributed by atoms with Crippen molar-refractivity contribution in [3.8, 4) is 5.75 Å². The van der Waals surface area contributed by atoms with Gasteiger partial charge in [0.25, 0.3) is 0 Å². The van der Waals surface area contributed by atoms with E-state index in [1.807, 2.05) is 12.1 Å². The van der Waals surface area contributed by atoms with Crippen LogP contribution in [0.5, 0.6) is 5.75 Å². The summed E-state index contributed by atoms with van der Waals surface area (Å²) in [6.07, 6.45) is 6.64. The lowest BCUT2D eigenvalue weighted by molar-refractivity contribution is 0.348. The molecular weight excluding hydrogens is 320 g/mol. The highest BCUT2D eigenvalue weighted by Crippen LogP contribution is 2.36. The lowest BCUT2D eigenvalue weighted by Gasteiger charge is -2.30. The topological polar surface area (TPSA) is 33.3 Å². The van der Waals surface area contributed by atoms with Gasteiger partial charge in [-0.2, -0.15) is 0 Å². The van der Waals surface area contributed by atoms with Crippen molar-refractivity contribution in [3.63, 3.8) is 0 Å². The number of benzene rings is 2. The number of methoxy groups -OCH3 is 1. The van der Waals surface area contributed by atoms with Crippen molar-refractivity contribution < 1.29 is 4.74 Å². The Hall–Kier alpha value is -1.84. The fourth-order valence-corrected chi connectivity index (χ4v) is 4.81. The molecule has 1 aliphatic carbocycles. The number of rotatable bonds is 5. The molecule has 26 heavy (non-hydrogen) atoms. The van der Waals surface area contributed by atoms with Crippen molar-refractivity contribution in [3.05, 3.63) is 65.7 Å². The van der Waals surface area contributed by atoms with Gasteiger partial charge in [0.05, 0.1) is 7.11 Å². The van der Waals surface area contributed by atoms with Gasteiger partial charge in [0.15, 0.2) is 0 Å². The summed E-state index contributed by atoms with van der Waals surface area (Å²) < 4.78 is 5.53. The van der Waals surface area contributed by atoms with Crippen LogP contribution in [0.1, 0.15) is 49.3 Å². The lowest BCUT2D eigenvalue weighted by Crippen LogP contribution is -2.43. The quantitative estimate of drug-likeness (QED) is 0.836. The van der Waals surface area contributed by atoms with E-state index >= 15 is 0 Å². The lowest BCUT2D eigenvalue weighted by atomic mass is 9.94. The summed E-state index contributed by atoms with van der Waals surface area (Å²) in [4.78, 5) is 0. The van der Waals surface area contributed by atoms with E-state index in [0.717, 1.165) is 18.2 Å². The molecule has 2 N–H and O–H groups in total. The molecule has 1 saturated heterocycles. The molecule has 0 bridgehead atoms. The van der Waals surface area contributed by atoms with Gasteiger partial charge >= 0.3 is 0 Å². The highest BCUT2D eigenvalue weighted by Gasteiger charge is 2.36. The molecule has 4 unspecified atom stereocenters. The van der Waals surface area contributed by atoms with Crippen molar-refractivity contribution in [2.45, 2.75) is 56.8 Å². The molecule has 1 saturated carbocycles. The molecule has 0 radical (unpaired) electrons. The van der Waals surface area contributed by atoms with Crippen LogP contribution in [-0.4, -0.2) is 19.2 Å². The van der Waals surface area contributed by atoms with E-state index in [9.17, 15) is 0 Å². The van der Waals surface area contributed by atoms with Gasteiger partial charge in [-0.3, -0.25) is 0 Å². The van der Waals surface area contributed by atoms with Gasteiger partial charge in [-0.05, 0) is 43.2 Å². The third kappa shape index (κ3) is 3.79. The number of ether oxygens (including phenoxy) is 1. The van der Waals surface area contributed by atoms with E-state index in [0.29, 0.717) is 18.1 Å². The average Bonchev–Trinajstić information content (AvgIpc) is 3.07. The van der Waals surface area contributed by atoms with E-state index in [2.05, 4.69) is 53.1 Å². The first-order chi connectivity index (χ1) is 12.8. The molecule has 2 aromatic carbocycles. The zero-order chi connectivity index (χ0) is 17.8. The first-order valence-electron chi connectivity index (χ1n) is 10.0. The number of fused-ring (bicyclic) bond motifs is 1. The molecule has 2 aliphatic rings. The Morgan fingerprint density at radius 1 is 0.962 bits per heavy atom. The Kier molecular flexibility index (Phi) is 5.57. The van der Waals surface area contributed by atoms with Crippen LogP contribution in [0.3, 0.4) is 0 Å². The third-order valence-electron chi connectivity index (χ3n) is 6.21. The second kappa shape index (κ2) is 8.24. The summed E-state index contributed by atoms with van der Waals surface area (Å²) in [7, 11) is 1.75. The number of hydrogen-bond acceptors (Lipinski definition) is 3. The van der Waals surface area contributed by atoms with Crippen LogP contribution in [0.25, 0.3) is 0 Å². The summed E-state index contributed by atoms with van der Waals surface area (Å²) in [5.41, 5.74) is 2.63. The van der Waals surface area contributed by atoms with Gasteiger partial charge in [-0.1, -0.05) is 55.0 Å². The molecule has 4 atom stereocenters. The molecule has 2 aromatic rings. The van der Waals surface area contributed by atoms with Gasteiger partial charge in [-0.25, -0.2) is 0 Å². The van der Waals surface area contributed by atoms with E-state index in [1.165, 1.54) is 43.2 Å². The third-order valence-corrected chi connectivity index (χ3v) is 6.21. The smallest absolute Gasteiger partial charge is 0.123 e. The monoisotopic (exact) mass is 350 g/mol. The largest absolute Gasteiger partial charge is 0.496 e. The normalized spacial score (nSPS) is 28.3. The van der Waals surface area contributed by atoms with E-state index < -0.39 is 0 Å².